The van der Waals surface area contributed by atoms with E-state index in [4.69, 9.17) is 28.5 Å². The maximum absolute atomic E-state index is 12.6. The number of anilines is 3. The number of benzene rings is 2. The first-order chi connectivity index (χ1) is 13.0. The lowest BCUT2D eigenvalue weighted by atomic mass is 10.2. The van der Waals surface area contributed by atoms with Crippen LogP contribution in [0.1, 0.15) is 21.9 Å². The number of rotatable bonds is 4. The first-order valence-corrected chi connectivity index (χ1v) is 8.60. The molecule has 1 aromatic heterocycles. The van der Waals surface area contributed by atoms with E-state index in [0.717, 1.165) is 0 Å². The maximum atomic E-state index is 12.6. The zero-order valence-electron chi connectivity index (χ0n) is 14.1. The zero-order chi connectivity index (χ0) is 19.4. The standard InChI is InChI=1S/C19H13Cl2N5O/c1-11-23-17(19(27)26-15-5-3-2-4-12(15)10-22)9-18(24-11)25-16-7-6-13(20)8-14(16)21/h2-9H,1H3,(H,26,27)(H,23,24,25). The molecule has 0 aliphatic rings. The van der Waals surface area contributed by atoms with Crippen LogP contribution in [-0.4, -0.2) is 15.9 Å². The summed E-state index contributed by atoms with van der Waals surface area (Å²) in [6.45, 7) is 1.68. The Kier molecular flexibility index (Phi) is 5.55. The van der Waals surface area contributed by atoms with Gasteiger partial charge in [0.25, 0.3) is 5.91 Å². The smallest absolute Gasteiger partial charge is 0.274 e. The lowest BCUT2D eigenvalue weighted by molar-refractivity contribution is 0.102. The van der Waals surface area contributed by atoms with Gasteiger partial charge < -0.3 is 10.6 Å². The molecular formula is C19H13Cl2N5O. The molecule has 134 valence electrons. The highest BCUT2D eigenvalue weighted by atomic mass is 35.5. The lowest BCUT2D eigenvalue weighted by Gasteiger charge is -2.11. The van der Waals surface area contributed by atoms with E-state index in [0.29, 0.717) is 38.6 Å². The third-order valence-corrected chi connectivity index (χ3v) is 4.11. The molecule has 1 amide bonds. The van der Waals surface area contributed by atoms with E-state index in [9.17, 15) is 4.79 Å². The largest absolute Gasteiger partial charge is 0.339 e. The minimum absolute atomic E-state index is 0.155. The van der Waals surface area contributed by atoms with Crippen LogP contribution in [0.2, 0.25) is 10.0 Å². The van der Waals surface area contributed by atoms with Crippen LogP contribution in [0.25, 0.3) is 0 Å². The average Bonchev–Trinajstić information content (AvgIpc) is 2.64. The number of hydrogen-bond acceptors (Lipinski definition) is 5. The third-order valence-electron chi connectivity index (χ3n) is 3.56. The molecule has 8 heteroatoms. The van der Waals surface area contributed by atoms with Gasteiger partial charge in [-0.1, -0.05) is 35.3 Å². The molecule has 3 rings (SSSR count). The van der Waals surface area contributed by atoms with Crippen molar-refractivity contribution in [1.82, 2.24) is 9.97 Å². The van der Waals surface area contributed by atoms with Crippen LogP contribution in [-0.2, 0) is 0 Å². The highest BCUT2D eigenvalue weighted by Crippen LogP contribution is 2.28. The molecule has 0 unspecified atom stereocenters. The highest BCUT2D eigenvalue weighted by molar-refractivity contribution is 6.36. The number of nitrogens with one attached hydrogen (secondary N) is 2. The third kappa shape index (κ3) is 4.53. The van der Waals surface area contributed by atoms with Crippen LogP contribution in [0, 0.1) is 18.3 Å². The number of carbonyl (C=O) groups is 1. The minimum Gasteiger partial charge on any atom is -0.339 e. The van der Waals surface area contributed by atoms with Crippen molar-refractivity contribution >= 4 is 46.3 Å². The second-order valence-corrected chi connectivity index (χ2v) is 6.39. The van der Waals surface area contributed by atoms with Crippen molar-refractivity contribution in [1.29, 1.82) is 5.26 Å². The van der Waals surface area contributed by atoms with Crippen LogP contribution in [0.5, 0.6) is 0 Å². The summed E-state index contributed by atoms with van der Waals surface area (Å²) in [4.78, 5) is 21.0. The first-order valence-electron chi connectivity index (χ1n) is 7.84. The molecule has 0 saturated carbocycles. The van der Waals surface area contributed by atoms with Crippen molar-refractivity contribution in [2.45, 2.75) is 6.92 Å². The van der Waals surface area contributed by atoms with Crippen LogP contribution < -0.4 is 10.6 Å². The van der Waals surface area contributed by atoms with Crippen molar-refractivity contribution in [3.8, 4) is 6.07 Å². The Bertz CT molecular complexity index is 1060. The van der Waals surface area contributed by atoms with Gasteiger partial charge in [-0.15, -0.1) is 0 Å². The van der Waals surface area contributed by atoms with Gasteiger partial charge in [-0.2, -0.15) is 5.26 Å². The van der Waals surface area contributed by atoms with Crippen molar-refractivity contribution in [2.24, 2.45) is 0 Å². The fourth-order valence-corrected chi connectivity index (χ4v) is 2.81. The van der Waals surface area contributed by atoms with Gasteiger partial charge in [0.2, 0.25) is 0 Å². The molecule has 0 fully saturated rings. The topological polar surface area (TPSA) is 90.7 Å². The molecule has 0 radical (unpaired) electrons. The molecule has 2 N–H and O–H groups in total. The van der Waals surface area contributed by atoms with Gasteiger partial charge in [0.1, 0.15) is 23.4 Å². The molecular weight excluding hydrogens is 385 g/mol. The van der Waals surface area contributed by atoms with Crippen molar-refractivity contribution in [3.63, 3.8) is 0 Å². The number of nitriles is 1. The number of aromatic nitrogens is 2. The van der Waals surface area contributed by atoms with E-state index in [-0.39, 0.29) is 5.69 Å². The Morgan fingerprint density at radius 1 is 1.07 bits per heavy atom. The second-order valence-electron chi connectivity index (χ2n) is 5.55. The van der Waals surface area contributed by atoms with Crippen LogP contribution >= 0.6 is 23.2 Å². The van der Waals surface area contributed by atoms with Crippen molar-refractivity contribution in [3.05, 3.63) is 75.7 Å². The lowest BCUT2D eigenvalue weighted by Crippen LogP contribution is -2.16. The summed E-state index contributed by atoms with van der Waals surface area (Å²) in [7, 11) is 0. The monoisotopic (exact) mass is 397 g/mol. The summed E-state index contributed by atoms with van der Waals surface area (Å²) in [6, 6.07) is 15.3. The number of nitrogens with zero attached hydrogens (tertiary/aromatic N) is 3. The number of hydrogen-bond donors (Lipinski definition) is 2. The molecule has 3 aromatic rings. The SMILES string of the molecule is Cc1nc(Nc2ccc(Cl)cc2Cl)cc(C(=O)Nc2ccccc2C#N)n1. The van der Waals surface area contributed by atoms with Crippen LogP contribution in [0.15, 0.2) is 48.5 Å². The van der Waals surface area contributed by atoms with Gasteiger partial charge in [0.15, 0.2) is 0 Å². The predicted octanol–water partition coefficient (Wildman–Crippen LogP) is 4.96. The number of amides is 1. The molecule has 0 saturated heterocycles. The fourth-order valence-electron chi connectivity index (χ4n) is 2.35. The highest BCUT2D eigenvalue weighted by Gasteiger charge is 2.13. The molecule has 6 nitrogen and oxygen atoms in total. The summed E-state index contributed by atoms with van der Waals surface area (Å²) in [5.74, 6) is 0.364. The average molecular weight is 398 g/mol. The number of aryl methyl sites for hydroxylation is 1. The van der Waals surface area contributed by atoms with Gasteiger partial charge in [0.05, 0.1) is 22.0 Å². The summed E-state index contributed by atoms with van der Waals surface area (Å²) >= 11 is 12.1. The Balaban J connectivity index is 1.86. The molecule has 0 spiro atoms. The van der Waals surface area contributed by atoms with Gasteiger partial charge in [-0.05, 0) is 37.3 Å². The Labute approximate surface area is 165 Å². The summed E-state index contributed by atoms with van der Waals surface area (Å²) < 4.78 is 0. The van der Waals surface area contributed by atoms with Crippen LogP contribution in [0.4, 0.5) is 17.2 Å². The van der Waals surface area contributed by atoms with Crippen molar-refractivity contribution in [2.75, 3.05) is 10.6 Å². The van der Waals surface area contributed by atoms with Gasteiger partial charge in [-0.3, -0.25) is 4.79 Å². The number of halogens is 2. The minimum atomic E-state index is -0.451. The molecule has 27 heavy (non-hydrogen) atoms. The van der Waals surface area contributed by atoms with Gasteiger partial charge in [0, 0.05) is 11.1 Å². The second kappa shape index (κ2) is 8.04. The van der Waals surface area contributed by atoms with E-state index in [1.165, 1.54) is 6.07 Å². The van der Waals surface area contributed by atoms with Crippen LogP contribution in [0.3, 0.4) is 0 Å². The quantitative estimate of drug-likeness (QED) is 0.648. The number of para-hydroxylation sites is 1. The summed E-state index contributed by atoms with van der Waals surface area (Å²) in [6.07, 6.45) is 0. The Morgan fingerprint density at radius 3 is 2.59 bits per heavy atom. The summed E-state index contributed by atoms with van der Waals surface area (Å²) in [5, 5.41) is 15.8. The Hall–Kier alpha value is -3.14. The molecule has 0 bridgehead atoms. The molecule has 0 aliphatic heterocycles. The van der Waals surface area contributed by atoms with E-state index in [1.54, 1.807) is 49.4 Å². The summed E-state index contributed by atoms with van der Waals surface area (Å²) in [5.41, 5.74) is 1.53. The molecule has 0 atom stereocenters. The predicted molar refractivity (Wildman–Crippen MR) is 106 cm³/mol. The zero-order valence-corrected chi connectivity index (χ0v) is 15.6. The van der Waals surface area contributed by atoms with E-state index >= 15 is 0 Å². The maximum Gasteiger partial charge on any atom is 0.274 e. The number of carbonyl (C=O) groups excluding carboxylic acids is 1. The fraction of sp³-hybridized carbons (Fsp3) is 0.0526. The molecule has 2 aromatic carbocycles. The van der Waals surface area contributed by atoms with Gasteiger partial charge >= 0.3 is 0 Å². The molecule has 1 heterocycles. The van der Waals surface area contributed by atoms with E-state index in [1.807, 2.05) is 6.07 Å². The first kappa shape index (κ1) is 18.6. The van der Waals surface area contributed by atoms with E-state index in [2.05, 4.69) is 20.6 Å². The van der Waals surface area contributed by atoms with Crippen molar-refractivity contribution < 1.29 is 4.79 Å². The molecule has 0 aliphatic carbocycles. The van der Waals surface area contributed by atoms with Gasteiger partial charge in [-0.25, -0.2) is 9.97 Å². The normalized spacial score (nSPS) is 10.1. The Morgan fingerprint density at radius 2 is 1.85 bits per heavy atom. The van der Waals surface area contributed by atoms with E-state index < -0.39 is 5.91 Å².